The molecule has 1 saturated heterocycles. The summed E-state index contributed by atoms with van der Waals surface area (Å²) in [5.41, 5.74) is 1.32. The van der Waals surface area contributed by atoms with Gasteiger partial charge in [-0.05, 0) is 25.0 Å². The normalized spacial score (nSPS) is 20.6. The maximum absolute atomic E-state index is 12.8. The molecule has 114 valence electrons. The average Bonchev–Trinajstić information content (AvgIpc) is 3.01. The van der Waals surface area contributed by atoms with E-state index in [9.17, 15) is 4.79 Å². The van der Waals surface area contributed by atoms with Crippen molar-refractivity contribution < 1.29 is 9.53 Å². The van der Waals surface area contributed by atoms with E-state index >= 15 is 0 Å². The maximum atomic E-state index is 12.8. The number of aromatic nitrogens is 1. The van der Waals surface area contributed by atoms with E-state index in [0.717, 1.165) is 23.7 Å². The summed E-state index contributed by atoms with van der Waals surface area (Å²) in [6.07, 6.45) is 4.55. The fraction of sp³-hybridized carbons (Fsp3) is 0.444. The van der Waals surface area contributed by atoms with E-state index in [-0.39, 0.29) is 11.5 Å². The Kier molecular flexibility index (Phi) is 3.34. The molecule has 2 aliphatic rings. The van der Waals surface area contributed by atoms with Crippen molar-refractivity contribution in [2.75, 3.05) is 19.7 Å². The largest absolute Gasteiger partial charge is 0.371 e. The van der Waals surface area contributed by atoms with Crippen LogP contribution in [0.5, 0.6) is 0 Å². The lowest BCUT2D eigenvalue weighted by Gasteiger charge is -2.40. The highest BCUT2D eigenvalue weighted by molar-refractivity contribution is 5.95. The van der Waals surface area contributed by atoms with Crippen molar-refractivity contribution in [1.29, 1.82) is 0 Å². The van der Waals surface area contributed by atoms with E-state index in [1.54, 1.807) is 0 Å². The lowest BCUT2D eigenvalue weighted by Crippen LogP contribution is -2.52. The second-order valence-electron chi connectivity index (χ2n) is 6.35. The number of carbonyl (C=O) groups is 1. The Balaban J connectivity index is 1.59. The lowest BCUT2D eigenvalue weighted by molar-refractivity contribution is -0.0949. The van der Waals surface area contributed by atoms with Crippen LogP contribution in [0.1, 0.15) is 36.2 Å². The van der Waals surface area contributed by atoms with Gasteiger partial charge in [0.1, 0.15) is 5.69 Å². The summed E-state index contributed by atoms with van der Waals surface area (Å²) >= 11 is 0. The number of hydrogen-bond donors (Lipinski definition) is 0. The Morgan fingerprint density at radius 1 is 1.14 bits per heavy atom. The number of ether oxygens (including phenoxy) is 1. The molecule has 2 heterocycles. The molecule has 1 aromatic heterocycles. The van der Waals surface area contributed by atoms with E-state index in [0.29, 0.717) is 25.4 Å². The van der Waals surface area contributed by atoms with Crippen molar-refractivity contribution in [3.63, 3.8) is 0 Å². The molecule has 22 heavy (non-hydrogen) atoms. The smallest absolute Gasteiger partial charge is 0.272 e. The van der Waals surface area contributed by atoms with Crippen molar-refractivity contribution >= 4 is 16.8 Å². The van der Waals surface area contributed by atoms with E-state index in [1.807, 2.05) is 41.3 Å². The summed E-state index contributed by atoms with van der Waals surface area (Å²) in [4.78, 5) is 19.2. The number of para-hydroxylation sites is 1. The summed E-state index contributed by atoms with van der Waals surface area (Å²) in [6, 6.07) is 11.7. The first-order chi connectivity index (χ1) is 10.8. The first-order valence-electron chi connectivity index (χ1n) is 8.05. The third-order valence-corrected chi connectivity index (χ3v) is 4.87. The Bertz CT molecular complexity index is 707. The molecule has 4 rings (SSSR count). The van der Waals surface area contributed by atoms with Gasteiger partial charge in [-0.15, -0.1) is 0 Å². The third-order valence-electron chi connectivity index (χ3n) is 4.87. The Hall–Kier alpha value is -1.94. The highest BCUT2D eigenvalue weighted by Crippen LogP contribution is 2.36. The summed E-state index contributed by atoms with van der Waals surface area (Å²) in [5, 5.41) is 1.06. The fourth-order valence-electron chi connectivity index (χ4n) is 3.69. The van der Waals surface area contributed by atoms with Crippen LogP contribution in [0, 0.1) is 0 Å². The van der Waals surface area contributed by atoms with E-state index in [1.165, 1.54) is 12.8 Å². The highest BCUT2D eigenvalue weighted by Gasteiger charge is 2.40. The molecular weight excluding hydrogens is 276 g/mol. The van der Waals surface area contributed by atoms with Crippen molar-refractivity contribution in [2.24, 2.45) is 0 Å². The number of hydrogen-bond acceptors (Lipinski definition) is 3. The molecule has 4 heteroatoms. The van der Waals surface area contributed by atoms with Crippen LogP contribution in [0.2, 0.25) is 0 Å². The van der Waals surface area contributed by atoms with Gasteiger partial charge in [-0.25, -0.2) is 4.98 Å². The molecule has 0 bridgehead atoms. The minimum atomic E-state index is -0.0925. The molecule has 1 saturated carbocycles. The standard InChI is InChI=1S/C18H20N2O2/c21-17(16-8-7-14-5-1-2-6-15(14)19-16)20-11-12-22-18(13-20)9-3-4-10-18/h1-2,5-8H,3-4,9-13H2. The number of amides is 1. The zero-order valence-corrected chi connectivity index (χ0v) is 12.6. The predicted molar refractivity (Wildman–Crippen MR) is 84.8 cm³/mol. The average molecular weight is 296 g/mol. The van der Waals surface area contributed by atoms with E-state index in [4.69, 9.17) is 4.74 Å². The number of benzene rings is 1. The van der Waals surface area contributed by atoms with Gasteiger partial charge in [-0.3, -0.25) is 4.79 Å². The van der Waals surface area contributed by atoms with Gasteiger partial charge in [0.15, 0.2) is 0 Å². The Morgan fingerprint density at radius 2 is 1.95 bits per heavy atom. The molecule has 1 aromatic carbocycles. The number of nitrogens with zero attached hydrogens (tertiary/aromatic N) is 2. The summed E-state index contributed by atoms with van der Waals surface area (Å²) in [5.74, 6) is 0.0281. The second-order valence-corrected chi connectivity index (χ2v) is 6.35. The summed E-state index contributed by atoms with van der Waals surface area (Å²) < 4.78 is 6.00. The molecule has 1 amide bonds. The van der Waals surface area contributed by atoms with Gasteiger partial charge in [0.05, 0.1) is 24.3 Å². The van der Waals surface area contributed by atoms with Crippen LogP contribution in [0.15, 0.2) is 36.4 Å². The molecule has 2 fully saturated rings. The summed E-state index contributed by atoms with van der Waals surface area (Å²) in [7, 11) is 0. The number of rotatable bonds is 1. The quantitative estimate of drug-likeness (QED) is 0.812. The fourth-order valence-corrected chi connectivity index (χ4v) is 3.69. The molecule has 1 spiro atoms. The van der Waals surface area contributed by atoms with Crippen LogP contribution in [0.25, 0.3) is 10.9 Å². The van der Waals surface area contributed by atoms with Crippen molar-refractivity contribution in [2.45, 2.75) is 31.3 Å². The monoisotopic (exact) mass is 296 g/mol. The number of morpholine rings is 1. The van der Waals surface area contributed by atoms with Gasteiger partial charge >= 0.3 is 0 Å². The Morgan fingerprint density at radius 3 is 2.82 bits per heavy atom. The molecule has 4 nitrogen and oxygen atoms in total. The third kappa shape index (κ3) is 2.37. The van der Waals surface area contributed by atoms with Gasteiger partial charge < -0.3 is 9.64 Å². The van der Waals surface area contributed by atoms with Gasteiger partial charge in [-0.2, -0.15) is 0 Å². The van der Waals surface area contributed by atoms with Crippen molar-refractivity contribution in [1.82, 2.24) is 9.88 Å². The minimum absolute atomic E-state index is 0.0281. The first kappa shape index (κ1) is 13.7. The molecule has 0 radical (unpaired) electrons. The molecule has 0 atom stereocenters. The highest BCUT2D eigenvalue weighted by atomic mass is 16.5. The van der Waals surface area contributed by atoms with Gasteiger partial charge in [-0.1, -0.05) is 37.1 Å². The van der Waals surface area contributed by atoms with E-state index < -0.39 is 0 Å². The van der Waals surface area contributed by atoms with Crippen molar-refractivity contribution in [3.8, 4) is 0 Å². The van der Waals surface area contributed by atoms with Gasteiger partial charge in [0, 0.05) is 11.9 Å². The van der Waals surface area contributed by atoms with Crippen molar-refractivity contribution in [3.05, 3.63) is 42.1 Å². The maximum Gasteiger partial charge on any atom is 0.272 e. The number of fused-ring (bicyclic) bond motifs is 1. The molecule has 0 N–H and O–H groups in total. The molecule has 2 aromatic rings. The Labute approximate surface area is 130 Å². The van der Waals surface area contributed by atoms with Crippen LogP contribution in [0.3, 0.4) is 0 Å². The van der Waals surface area contributed by atoms with Crippen LogP contribution in [-0.4, -0.2) is 41.1 Å². The van der Waals surface area contributed by atoms with Crippen LogP contribution in [0.4, 0.5) is 0 Å². The van der Waals surface area contributed by atoms with Crippen LogP contribution < -0.4 is 0 Å². The predicted octanol–water partition coefficient (Wildman–Crippen LogP) is 3.02. The molecule has 1 aliphatic carbocycles. The van der Waals surface area contributed by atoms with Gasteiger partial charge in [0.25, 0.3) is 5.91 Å². The zero-order valence-electron chi connectivity index (χ0n) is 12.6. The number of pyridine rings is 1. The SMILES string of the molecule is O=C(c1ccc2ccccc2n1)N1CCOC2(CCCC2)C1. The minimum Gasteiger partial charge on any atom is -0.371 e. The molecular formula is C18H20N2O2. The summed E-state index contributed by atoms with van der Waals surface area (Å²) in [6.45, 7) is 2.01. The van der Waals surface area contributed by atoms with E-state index in [2.05, 4.69) is 4.98 Å². The van der Waals surface area contributed by atoms with Crippen LogP contribution in [-0.2, 0) is 4.74 Å². The van der Waals surface area contributed by atoms with Crippen LogP contribution >= 0.6 is 0 Å². The topological polar surface area (TPSA) is 42.4 Å². The lowest BCUT2D eigenvalue weighted by atomic mass is 9.99. The molecule has 1 aliphatic heterocycles. The first-order valence-corrected chi connectivity index (χ1v) is 8.05. The van der Waals surface area contributed by atoms with Gasteiger partial charge in [0.2, 0.25) is 0 Å². The number of carbonyl (C=O) groups excluding carboxylic acids is 1. The zero-order chi connectivity index (χ0) is 15.0. The second kappa shape index (κ2) is 5.36. The molecule has 0 unspecified atom stereocenters.